The molecule has 0 aliphatic rings. The van der Waals surface area contributed by atoms with Crippen molar-refractivity contribution < 1.29 is 4.74 Å². The third kappa shape index (κ3) is 2.10. The molecule has 3 aromatic rings. The summed E-state index contributed by atoms with van der Waals surface area (Å²) >= 11 is 0. The van der Waals surface area contributed by atoms with Crippen LogP contribution in [0, 0.1) is 18.3 Å². The monoisotopic (exact) mass is 259 g/mol. The van der Waals surface area contributed by atoms with Gasteiger partial charge in [0.25, 0.3) is 0 Å². The first-order chi connectivity index (χ1) is 9.79. The van der Waals surface area contributed by atoms with Gasteiger partial charge in [0.05, 0.1) is 11.6 Å². The maximum Gasteiger partial charge on any atom is 0.135 e. The topological polar surface area (TPSA) is 33.0 Å². The molecule has 0 unspecified atom stereocenters. The first-order valence-electron chi connectivity index (χ1n) is 6.45. The van der Waals surface area contributed by atoms with Crippen molar-refractivity contribution in [3.8, 4) is 17.6 Å². The van der Waals surface area contributed by atoms with Crippen LogP contribution in [0.1, 0.15) is 11.1 Å². The molecule has 0 saturated heterocycles. The second-order valence-corrected chi connectivity index (χ2v) is 4.64. The lowest BCUT2D eigenvalue weighted by atomic mass is 10.0. The SMILES string of the molecule is Cc1ccccc1Oc1ccc(C#N)c2ccccc12. The highest BCUT2D eigenvalue weighted by atomic mass is 16.5. The Bertz CT molecular complexity index is 815. The molecule has 0 bridgehead atoms. The predicted octanol–water partition coefficient (Wildman–Crippen LogP) is 4.81. The number of hydrogen-bond acceptors (Lipinski definition) is 2. The van der Waals surface area contributed by atoms with E-state index in [1.54, 1.807) is 6.07 Å². The molecule has 0 fully saturated rings. The number of nitrogens with zero attached hydrogens (tertiary/aromatic N) is 1. The number of rotatable bonds is 2. The van der Waals surface area contributed by atoms with E-state index in [1.807, 2.05) is 61.5 Å². The molecule has 0 heterocycles. The summed E-state index contributed by atoms with van der Waals surface area (Å²) in [6, 6.07) is 21.6. The third-order valence-electron chi connectivity index (χ3n) is 3.32. The normalized spacial score (nSPS) is 10.2. The number of para-hydroxylation sites is 1. The molecule has 0 N–H and O–H groups in total. The lowest BCUT2D eigenvalue weighted by molar-refractivity contribution is 0.484. The summed E-state index contributed by atoms with van der Waals surface area (Å²) in [6.45, 7) is 2.02. The van der Waals surface area contributed by atoms with Crippen molar-refractivity contribution in [3.05, 3.63) is 71.8 Å². The summed E-state index contributed by atoms with van der Waals surface area (Å²) in [7, 11) is 0. The number of hydrogen-bond donors (Lipinski definition) is 0. The van der Waals surface area contributed by atoms with Gasteiger partial charge in [-0.25, -0.2) is 0 Å². The van der Waals surface area contributed by atoms with E-state index >= 15 is 0 Å². The zero-order valence-electron chi connectivity index (χ0n) is 11.1. The van der Waals surface area contributed by atoms with Crippen LogP contribution in [-0.4, -0.2) is 0 Å². The average Bonchev–Trinajstić information content (AvgIpc) is 2.50. The molecule has 0 spiro atoms. The van der Waals surface area contributed by atoms with Crippen molar-refractivity contribution in [2.75, 3.05) is 0 Å². The zero-order valence-corrected chi connectivity index (χ0v) is 11.1. The highest BCUT2D eigenvalue weighted by Gasteiger charge is 2.08. The van der Waals surface area contributed by atoms with E-state index in [9.17, 15) is 0 Å². The van der Waals surface area contributed by atoms with Gasteiger partial charge < -0.3 is 4.74 Å². The van der Waals surface area contributed by atoms with Crippen LogP contribution in [0.4, 0.5) is 0 Å². The Balaban J connectivity index is 2.14. The molecule has 96 valence electrons. The maximum atomic E-state index is 9.17. The van der Waals surface area contributed by atoms with Gasteiger partial charge in [0.1, 0.15) is 11.5 Å². The van der Waals surface area contributed by atoms with Crippen molar-refractivity contribution in [2.24, 2.45) is 0 Å². The van der Waals surface area contributed by atoms with Crippen LogP contribution in [0.15, 0.2) is 60.7 Å². The highest BCUT2D eigenvalue weighted by molar-refractivity contribution is 5.92. The first-order valence-corrected chi connectivity index (χ1v) is 6.45. The van der Waals surface area contributed by atoms with E-state index in [4.69, 9.17) is 10.00 Å². The number of benzene rings is 3. The minimum Gasteiger partial charge on any atom is -0.456 e. The molecule has 3 aromatic carbocycles. The summed E-state index contributed by atoms with van der Waals surface area (Å²) in [5.41, 5.74) is 1.75. The average molecular weight is 259 g/mol. The second-order valence-electron chi connectivity index (χ2n) is 4.64. The Morgan fingerprint density at radius 1 is 0.800 bits per heavy atom. The third-order valence-corrected chi connectivity index (χ3v) is 3.32. The summed E-state index contributed by atoms with van der Waals surface area (Å²) in [4.78, 5) is 0. The van der Waals surface area contributed by atoms with Gasteiger partial charge in [-0.2, -0.15) is 5.26 Å². The number of aryl methyl sites for hydroxylation is 1. The van der Waals surface area contributed by atoms with Crippen molar-refractivity contribution >= 4 is 10.8 Å². The van der Waals surface area contributed by atoms with Crippen LogP contribution in [0.2, 0.25) is 0 Å². The minimum absolute atomic E-state index is 0.665. The summed E-state index contributed by atoms with van der Waals surface area (Å²) in [5, 5.41) is 11.0. The fourth-order valence-corrected chi connectivity index (χ4v) is 2.25. The summed E-state index contributed by atoms with van der Waals surface area (Å²) in [6.07, 6.45) is 0. The highest BCUT2D eigenvalue weighted by Crippen LogP contribution is 2.32. The standard InChI is InChI=1S/C18H13NO/c1-13-6-2-5-9-17(13)20-18-11-10-14(12-19)15-7-3-4-8-16(15)18/h2-11H,1H3. The molecule has 0 radical (unpaired) electrons. The number of ether oxygens (including phenoxy) is 1. The zero-order chi connectivity index (χ0) is 13.9. The van der Waals surface area contributed by atoms with Crippen LogP contribution in [0.5, 0.6) is 11.5 Å². The van der Waals surface area contributed by atoms with Crippen LogP contribution in [-0.2, 0) is 0 Å². The fraction of sp³-hybridized carbons (Fsp3) is 0.0556. The van der Waals surface area contributed by atoms with Gasteiger partial charge in [-0.1, -0.05) is 42.5 Å². The van der Waals surface area contributed by atoms with E-state index in [2.05, 4.69) is 6.07 Å². The Labute approximate surface area is 117 Å². The first kappa shape index (κ1) is 12.3. The fourth-order valence-electron chi connectivity index (χ4n) is 2.25. The van der Waals surface area contributed by atoms with Crippen molar-refractivity contribution in [1.82, 2.24) is 0 Å². The maximum absolute atomic E-state index is 9.17. The minimum atomic E-state index is 0.665. The second kappa shape index (κ2) is 5.07. The Morgan fingerprint density at radius 2 is 1.50 bits per heavy atom. The van der Waals surface area contributed by atoms with Gasteiger partial charge in [0.2, 0.25) is 0 Å². The lowest BCUT2D eigenvalue weighted by Gasteiger charge is -2.11. The molecule has 3 rings (SSSR count). The van der Waals surface area contributed by atoms with Crippen LogP contribution in [0.3, 0.4) is 0 Å². The van der Waals surface area contributed by atoms with E-state index in [0.29, 0.717) is 5.56 Å². The van der Waals surface area contributed by atoms with Crippen LogP contribution >= 0.6 is 0 Å². The molecule has 2 nitrogen and oxygen atoms in total. The van der Waals surface area contributed by atoms with E-state index in [-0.39, 0.29) is 0 Å². The molecule has 20 heavy (non-hydrogen) atoms. The van der Waals surface area contributed by atoms with Gasteiger partial charge in [-0.05, 0) is 30.7 Å². The molecular weight excluding hydrogens is 246 g/mol. The van der Waals surface area contributed by atoms with Crippen molar-refractivity contribution in [2.45, 2.75) is 6.92 Å². The lowest BCUT2D eigenvalue weighted by Crippen LogP contribution is -1.89. The van der Waals surface area contributed by atoms with Gasteiger partial charge in [-0.3, -0.25) is 0 Å². The predicted molar refractivity (Wildman–Crippen MR) is 79.9 cm³/mol. The van der Waals surface area contributed by atoms with E-state index in [1.165, 1.54) is 0 Å². The summed E-state index contributed by atoms with van der Waals surface area (Å²) in [5.74, 6) is 1.61. The van der Waals surface area contributed by atoms with E-state index < -0.39 is 0 Å². The van der Waals surface area contributed by atoms with Crippen LogP contribution in [0.25, 0.3) is 10.8 Å². The quantitative estimate of drug-likeness (QED) is 0.661. The van der Waals surface area contributed by atoms with Crippen LogP contribution < -0.4 is 4.74 Å². The van der Waals surface area contributed by atoms with Gasteiger partial charge in [0, 0.05) is 10.8 Å². The Kier molecular flexibility index (Phi) is 3.10. The summed E-state index contributed by atoms with van der Waals surface area (Å²) < 4.78 is 6.01. The molecule has 0 aliphatic carbocycles. The molecule has 2 heteroatoms. The largest absolute Gasteiger partial charge is 0.456 e. The molecule has 0 aromatic heterocycles. The molecule has 0 aliphatic heterocycles. The Hall–Kier alpha value is -2.79. The number of fused-ring (bicyclic) bond motifs is 1. The molecule has 0 saturated carbocycles. The number of nitriles is 1. The van der Waals surface area contributed by atoms with Crippen molar-refractivity contribution in [1.29, 1.82) is 5.26 Å². The molecule has 0 atom stereocenters. The van der Waals surface area contributed by atoms with E-state index in [0.717, 1.165) is 27.8 Å². The van der Waals surface area contributed by atoms with Gasteiger partial charge in [-0.15, -0.1) is 0 Å². The van der Waals surface area contributed by atoms with Gasteiger partial charge >= 0.3 is 0 Å². The molecule has 0 amide bonds. The van der Waals surface area contributed by atoms with Crippen molar-refractivity contribution in [3.63, 3.8) is 0 Å². The Morgan fingerprint density at radius 3 is 2.25 bits per heavy atom. The van der Waals surface area contributed by atoms with Gasteiger partial charge in [0.15, 0.2) is 0 Å². The smallest absolute Gasteiger partial charge is 0.135 e. The molecular formula is C18H13NO.